The Bertz CT molecular complexity index is 146. The highest BCUT2D eigenvalue weighted by atomic mass is 31.1. The van der Waals surface area contributed by atoms with Gasteiger partial charge in [-0.15, -0.1) is 0 Å². The Labute approximate surface area is 66.8 Å². The molecule has 0 saturated heterocycles. The highest BCUT2D eigenvalue weighted by Crippen LogP contribution is 2.22. The molecular weight excluding hydrogens is 167 g/mol. The van der Waals surface area contributed by atoms with E-state index < -0.39 is 14.2 Å². The second-order valence-corrected chi connectivity index (χ2v) is 3.14. The molecule has 0 rings (SSSR count). The van der Waals surface area contributed by atoms with Crippen LogP contribution in [0.4, 0.5) is 0 Å². The van der Waals surface area contributed by atoms with Gasteiger partial charge in [-0.1, -0.05) is 13.3 Å². The summed E-state index contributed by atoms with van der Waals surface area (Å²) in [6.07, 6.45) is 2.00. The molecule has 0 aliphatic carbocycles. The maximum absolute atomic E-state index is 10.7. The summed E-state index contributed by atoms with van der Waals surface area (Å²) in [6.45, 7) is 1.96. The van der Waals surface area contributed by atoms with Gasteiger partial charge in [0.05, 0.1) is 0 Å². The number of unbranched alkanes of at least 4 members (excludes halogenated alkanes) is 1. The van der Waals surface area contributed by atoms with Gasteiger partial charge in [-0.2, -0.15) is 0 Å². The third-order valence-corrected chi connectivity index (χ3v) is 1.83. The van der Waals surface area contributed by atoms with Crippen molar-refractivity contribution in [2.45, 2.75) is 26.2 Å². The number of carbonyl (C=O) groups is 1. The van der Waals surface area contributed by atoms with Crippen molar-refractivity contribution in [2.75, 3.05) is 7.11 Å². The Morgan fingerprint density at radius 1 is 1.55 bits per heavy atom. The molecule has 0 N–H and O–H groups in total. The Balaban J connectivity index is 3.44. The van der Waals surface area contributed by atoms with E-state index in [1.807, 2.05) is 6.92 Å². The molecule has 1 atom stereocenters. The van der Waals surface area contributed by atoms with E-state index in [1.165, 1.54) is 7.11 Å². The molecule has 0 radical (unpaired) electrons. The number of rotatable bonds is 5. The van der Waals surface area contributed by atoms with E-state index in [4.69, 9.17) is 0 Å². The number of hydrogen-bond acceptors (Lipinski definition) is 4. The molecule has 0 aliphatic rings. The molecule has 0 amide bonds. The third kappa shape index (κ3) is 6.07. The van der Waals surface area contributed by atoms with Crippen LogP contribution in [0, 0.1) is 0 Å². The minimum absolute atomic E-state index is 0.316. The van der Waals surface area contributed by atoms with Crippen LogP contribution in [0.1, 0.15) is 26.2 Å². The largest absolute Gasteiger partial charge is 0.394 e. The quantitative estimate of drug-likeness (QED) is 0.605. The summed E-state index contributed by atoms with van der Waals surface area (Å²) in [6, 6.07) is 0. The highest BCUT2D eigenvalue weighted by molar-refractivity contribution is 7.34. The summed E-state index contributed by atoms with van der Waals surface area (Å²) in [7, 11) is -1.31. The van der Waals surface area contributed by atoms with Crippen LogP contribution in [0.5, 0.6) is 0 Å². The predicted molar refractivity (Wildman–Crippen MR) is 41.6 cm³/mol. The first-order valence-corrected chi connectivity index (χ1v) is 4.71. The van der Waals surface area contributed by atoms with E-state index in [2.05, 4.69) is 9.05 Å². The van der Waals surface area contributed by atoms with E-state index in [9.17, 15) is 9.36 Å². The first-order chi connectivity index (χ1) is 5.20. The molecule has 0 aromatic heterocycles. The Kier molecular flexibility index (Phi) is 6.18. The van der Waals surface area contributed by atoms with Crippen molar-refractivity contribution in [3.63, 3.8) is 0 Å². The van der Waals surface area contributed by atoms with Gasteiger partial charge in [-0.3, -0.25) is 4.79 Å². The smallest absolute Gasteiger partial charge is 0.369 e. The minimum Gasteiger partial charge on any atom is -0.394 e. The topological polar surface area (TPSA) is 52.6 Å². The summed E-state index contributed by atoms with van der Waals surface area (Å²) in [5.41, 5.74) is 0. The zero-order chi connectivity index (χ0) is 8.69. The van der Waals surface area contributed by atoms with Crippen LogP contribution in [-0.4, -0.2) is 13.1 Å². The maximum atomic E-state index is 10.7. The molecule has 4 nitrogen and oxygen atoms in total. The fraction of sp³-hybridized carbons (Fsp3) is 0.833. The van der Waals surface area contributed by atoms with Gasteiger partial charge in [0.1, 0.15) is 0 Å². The molecule has 1 unspecified atom stereocenters. The summed E-state index contributed by atoms with van der Waals surface area (Å²) in [5, 5.41) is 0. The number of hydrogen-bond donors (Lipinski definition) is 0. The molecule has 0 spiro atoms. The van der Waals surface area contributed by atoms with Gasteiger partial charge in [-0.05, 0) is 6.42 Å². The van der Waals surface area contributed by atoms with Gasteiger partial charge in [0.25, 0.3) is 0 Å². The van der Waals surface area contributed by atoms with Gasteiger partial charge in [0, 0.05) is 13.5 Å². The van der Waals surface area contributed by atoms with Crippen LogP contribution in [-0.2, 0) is 18.4 Å². The maximum Gasteiger partial charge on any atom is 0.369 e. The average Bonchev–Trinajstić information content (AvgIpc) is 2.00. The lowest BCUT2D eigenvalue weighted by Crippen LogP contribution is -1.97. The van der Waals surface area contributed by atoms with E-state index in [-0.39, 0.29) is 0 Å². The van der Waals surface area contributed by atoms with Gasteiger partial charge in [-0.25, -0.2) is 4.57 Å². The first-order valence-electron chi connectivity index (χ1n) is 3.49. The normalized spacial score (nSPS) is 12.5. The van der Waals surface area contributed by atoms with Crippen LogP contribution >= 0.6 is 8.25 Å². The summed E-state index contributed by atoms with van der Waals surface area (Å²) in [5.74, 6) is -0.447. The van der Waals surface area contributed by atoms with Crippen LogP contribution < -0.4 is 0 Å². The Morgan fingerprint density at radius 3 is 2.64 bits per heavy atom. The van der Waals surface area contributed by atoms with Crippen molar-refractivity contribution in [2.24, 2.45) is 0 Å². The molecule has 0 fully saturated rings. The first kappa shape index (κ1) is 10.7. The second-order valence-electron chi connectivity index (χ2n) is 2.03. The Hall–Kier alpha value is -0.340. The van der Waals surface area contributed by atoms with Crippen LogP contribution in [0.3, 0.4) is 0 Å². The molecule has 0 heterocycles. The van der Waals surface area contributed by atoms with Crippen molar-refractivity contribution in [1.29, 1.82) is 0 Å². The molecule has 5 heteroatoms. The summed E-state index contributed by atoms with van der Waals surface area (Å²) in [4.78, 5) is 10.7. The van der Waals surface area contributed by atoms with Crippen LogP contribution in [0.2, 0.25) is 0 Å². The molecule has 0 aromatic rings. The van der Waals surface area contributed by atoms with E-state index in [0.717, 1.165) is 12.8 Å². The predicted octanol–water partition coefficient (Wildman–Crippen LogP) is 1.76. The molecule has 0 saturated carbocycles. The minimum atomic E-state index is -2.56. The lowest BCUT2D eigenvalue weighted by Gasteiger charge is -2.00. The van der Waals surface area contributed by atoms with Gasteiger partial charge >= 0.3 is 14.2 Å². The fourth-order valence-electron chi connectivity index (χ4n) is 0.507. The molecule has 0 bridgehead atoms. The van der Waals surface area contributed by atoms with Gasteiger partial charge in [0.15, 0.2) is 0 Å². The molecule has 66 valence electrons. The van der Waals surface area contributed by atoms with Crippen LogP contribution in [0.15, 0.2) is 0 Å². The van der Waals surface area contributed by atoms with Crippen molar-refractivity contribution in [1.82, 2.24) is 0 Å². The van der Waals surface area contributed by atoms with Gasteiger partial charge in [0.2, 0.25) is 0 Å². The van der Waals surface area contributed by atoms with Crippen molar-refractivity contribution >= 4 is 14.2 Å². The fourth-order valence-corrected chi connectivity index (χ4v) is 0.878. The zero-order valence-electron chi connectivity index (χ0n) is 6.75. The summed E-state index contributed by atoms with van der Waals surface area (Å²) < 4.78 is 19.2. The standard InChI is InChI=1S/C6H13O4P/c1-3-4-5-6(7)10-11(8)9-2/h11H,3-5H2,1-2H3. The molecule has 0 aliphatic heterocycles. The van der Waals surface area contributed by atoms with E-state index in [1.54, 1.807) is 0 Å². The van der Waals surface area contributed by atoms with Crippen molar-refractivity contribution in [3.8, 4) is 0 Å². The monoisotopic (exact) mass is 180 g/mol. The van der Waals surface area contributed by atoms with Crippen molar-refractivity contribution in [3.05, 3.63) is 0 Å². The molecular formula is C6H13O4P. The average molecular weight is 180 g/mol. The lowest BCUT2D eigenvalue weighted by molar-refractivity contribution is -0.134. The summed E-state index contributed by atoms with van der Waals surface area (Å²) >= 11 is 0. The SMILES string of the molecule is CCCCC(=O)O[PH](=O)OC. The number of carbonyl (C=O) groups excluding carboxylic acids is 1. The van der Waals surface area contributed by atoms with E-state index >= 15 is 0 Å². The lowest BCUT2D eigenvalue weighted by atomic mass is 10.3. The van der Waals surface area contributed by atoms with Crippen LogP contribution in [0.25, 0.3) is 0 Å². The van der Waals surface area contributed by atoms with E-state index in [0.29, 0.717) is 6.42 Å². The Morgan fingerprint density at radius 2 is 2.18 bits per heavy atom. The molecule has 11 heavy (non-hydrogen) atoms. The highest BCUT2D eigenvalue weighted by Gasteiger charge is 2.05. The second kappa shape index (κ2) is 6.38. The van der Waals surface area contributed by atoms with Gasteiger partial charge < -0.3 is 9.05 Å². The third-order valence-electron chi connectivity index (χ3n) is 1.10. The molecule has 0 aromatic carbocycles. The van der Waals surface area contributed by atoms with Crippen molar-refractivity contribution < 1.29 is 18.4 Å². The zero-order valence-corrected chi connectivity index (χ0v) is 7.75.